The van der Waals surface area contributed by atoms with Gasteiger partial charge in [0.05, 0.1) is 6.04 Å². The summed E-state index contributed by atoms with van der Waals surface area (Å²) in [6.45, 7) is 1.37. The zero-order chi connectivity index (χ0) is 17.9. The Bertz CT molecular complexity index is 928. The van der Waals surface area contributed by atoms with Crippen molar-refractivity contribution in [2.75, 3.05) is 6.54 Å². The van der Waals surface area contributed by atoms with Crippen LogP contribution >= 0.6 is 0 Å². The summed E-state index contributed by atoms with van der Waals surface area (Å²) < 4.78 is 15.5. The van der Waals surface area contributed by atoms with Gasteiger partial charge in [0.15, 0.2) is 0 Å². The molecule has 1 atom stereocenters. The first kappa shape index (κ1) is 16.3. The number of rotatable bonds is 3. The molecule has 0 aliphatic carbocycles. The van der Waals surface area contributed by atoms with Crippen LogP contribution in [-0.4, -0.2) is 21.9 Å². The maximum absolute atomic E-state index is 13.4. The Morgan fingerprint density at radius 1 is 0.962 bits per heavy atom. The van der Waals surface area contributed by atoms with Crippen LogP contribution < -0.4 is 0 Å². The van der Waals surface area contributed by atoms with Gasteiger partial charge in [-0.1, -0.05) is 42.5 Å². The van der Waals surface area contributed by atoms with Crippen molar-refractivity contribution in [3.63, 3.8) is 0 Å². The molecule has 3 aromatic rings. The van der Waals surface area contributed by atoms with Crippen LogP contribution in [0.15, 0.2) is 79.0 Å². The van der Waals surface area contributed by atoms with E-state index < -0.39 is 0 Å². The van der Waals surface area contributed by atoms with Crippen LogP contribution in [0.3, 0.4) is 0 Å². The molecule has 0 spiro atoms. The molecule has 26 heavy (non-hydrogen) atoms. The lowest BCUT2D eigenvalue weighted by atomic mass is 9.99. The zero-order valence-corrected chi connectivity index (χ0v) is 14.3. The summed E-state index contributed by atoms with van der Waals surface area (Å²) in [5, 5.41) is 0. The van der Waals surface area contributed by atoms with Gasteiger partial charge in [0.2, 0.25) is 5.91 Å². The monoisotopic (exact) mass is 346 g/mol. The molecule has 1 aliphatic rings. The van der Waals surface area contributed by atoms with E-state index in [0.717, 1.165) is 23.4 Å². The Morgan fingerprint density at radius 2 is 1.73 bits per heavy atom. The van der Waals surface area contributed by atoms with E-state index >= 15 is 0 Å². The van der Waals surface area contributed by atoms with Gasteiger partial charge < -0.3 is 9.47 Å². The lowest BCUT2D eigenvalue weighted by Gasteiger charge is -2.36. The quantitative estimate of drug-likeness (QED) is 0.650. The molecule has 0 fully saturated rings. The number of halogens is 1. The Hall–Kier alpha value is -3.14. The number of amides is 1. The number of aromatic nitrogens is 1. The van der Waals surface area contributed by atoms with Crippen molar-refractivity contribution in [2.24, 2.45) is 0 Å². The van der Waals surface area contributed by atoms with Crippen molar-refractivity contribution < 1.29 is 9.18 Å². The minimum Gasteiger partial charge on any atom is -0.348 e. The van der Waals surface area contributed by atoms with E-state index in [1.165, 1.54) is 12.1 Å². The number of carbonyl (C=O) groups excluding carboxylic acids is 1. The highest BCUT2D eigenvalue weighted by Gasteiger charge is 2.31. The van der Waals surface area contributed by atoms with Gasteiger partial charge in [-0.3, -0.25) is 4.79 Å². The van der Waals surface area contributed by atoms with Gasteiger partial charge in [0, 0.05) is 31.1 Å². The first-order valence-corrected chi connectivity index (χ1v) is 8.66. The molecule has 0 saturated carbocycles. The van der Waals surface area contributed by atoms with Crippen LogP contribution in [0, 0.1) is 5.82 Å². The highest BCUT2D eigenvalue weighted by atomic mass is 19.1. The van der Waals surface area contributed by atoms with Gasteiger partial charge in [-0.05, 0) is 41.5 Å². The van der Waals surface area contributed by atoms with Crippen molar-refractivity contribution in [3.05, 3.63) is 102 Å². The lowest BCUT2D eigenvalue weighted by Crippen LogP contribution is -2.41. The summed E-state index contributed by atoms with van der Waals surface area (Å²) >= 11 is 0. The average molecular weight is 346 g/mol. The van der Waals surface area contributed by atoms with Gasteiger partial charge in [0.25, 0.3) is 0 Å². The minimum atomic E-state index is -0.276. The summed E-state index contributed by atoms with van der Waals surface area (Å²) in [4.78, 5) is 14.8. The highest BCUT2D eigenvalue weighted by Crippen LogP contribution is 2.32. The predicted octanol–water partition coefficient (Wildman–Crippen LogP) is 4.27. The fourth-order valence-electron chi connectivity index (χ4n) is 3.44. The number of hydrogen-bond acceptors (Lipinski definition) is 1. The van der Waals surface area contributed by atoms with Crippen LogP contribution in [-0.2, 0) is 11.3 Å². The van der Waals surface area contributed by atoms with E-state index in [-0.39, 0.29) is 17.8 Å². The number of hydrogen-bond donors (Lipinski definition) is 0. The lowest BCUT2D eigenvalue weighted by molar-refractivity contribution is -0.128. The van der Waals surface area contributed by atoms with Crippen molar-refractivity contribution in [3.8, 4) is 0 Å². The topological polar surface area (TPSA) is 25.2 Å². The summed E-state index contributed by atoms with van der Waals surface area (Å²) in [6, 6.07) is 19.9. The van der Waals surface area contributed by atoms with Crippen LogP contribution in [0.1, 0.15) is 22.9 Å². The largest absolute Gasteiger partial charge is 0.348 e. The fraction of sp³-hybridized carbons (Fsp3) is 0.136. The van der Waals surface area contributed by atoms with E-state index in [9.17, 15) is 9.18 Å². The molecule has 1 amide bonds. The molecule has 1 aromatic heterocycles. The Balaban J connectivity index is 1.66. The third-order valence-corrected chi connectivity index (χ3v) is 4.73. The molecule has 3 nitrogen and oxygen atoms in total. The Kier molecular flexibility index (Phi) is 4.40. The van der Waals surface area contributed by atoms with E-state index in [1.807, 2.05) is 59.6 Å². The maximum Gasteiger partial charge on any atom is 0.247 e. The number of carbonyl (C=O) groups is 1. The third-order valence-electron chi connectivity index (χ3n) is 4.73. The molecule has 1 aliphatic heterocycles. The van der Waals surface area contributed by atoms with E-state index in [1.54, 1.807) is 18.2 Å². The summed E-state index contributed by atoms with van der Waals surface area (Å²) in [7, 11) is 0. The summed E-state index contributed by atoms with van der Waals surface area (Å²) in [6.07, 6.45) is 5.47. The smallest absolute Gasteiger partial charge is 0.247 e. The summed E-state index contributed by atoms with van der Waals surface area (Å²) in [5.41, 5.74) is 2.94. The van der Waals surface area contributed by atoms with E-state index in [2.05, 4.69) is 4.57 Å². The van der Waals surface area contributed by atoms with Crippen molar-refractivity contribution >= 4 is 12.0 Å². The van der Waals surface area contributed by atoms with E-state index in [0.29, 0.717) is 6.54 Å². The van der Waals surface area contributed by atoms with Gasteiger partial charge in [-0.2, -0.15) is 0 Å². The first-order valence-electron chi connectivity index (χ1n) is 8.66. The third kappa shape index (κ3) is 3.18. The minimum absolute atomic E-state index is 0.0457. The normalized spacial score (nSPS) is 16.7. The second-order valence-corrected chi connectivity index (χ2v) is 6.36. The Labute approximate surface area is 152 Å². The number of fused-ring (bicyclic) bond motifs is 1. The van der Waals surface area contributed by atoms with E-state index in [4.69, 9.17) is 0 Å². The van der Waals surface area contributed by atoms with Gasteiger partial charge in [-0.25, -0.2) is 4.39 Å². The van der Waals surface area contributed by atoms with Crippen molar-refractivity contribution in [2.45, 2.75) is 12.6 Å². The fourth-order valence-corrected chi connectivity index (χ4v) is 3.44. The Morgan fingerprint density at radius 3 is 2.50 bits per heavy atom. The van der Waals surface area contributed by atoms with Crippen LogP contribution in [0.4, 0.5) is 4.39 Å². The van der Waals surface area contributed by atoms with Crippen LogP contribution in [0.25, 0.3) is 6.08 Å². The van der Waals surface area contributed by atoms with Gasteiger partial charge >= 0.3 is 0 Å². The highest BCUT2D eigenvalue weighted by molar-refractivity contribution is 5.92. The molecule has 130 valence electrons. The van der Waals surface area contributed by atoms with Gasteiger partial charge in [0.1, 0.15) is 5.82 Å². The van der Waals surface area contributed by atoms with Crippen LogP contribution in [0.2, 0.25) is 0 Å². The van der Waals surface area contributed by atoms with Crippen molar-refractivity contribution in [1.82, 2.24) is 9.47 Å². The number of nitrogens with zero attached hydrogens (tertiary/aromatic N) is 2. The van der Waals surface area contributed by atoms with Crippen molar-refractivity contribution in [1.29, 1.82) is 0 Å². The SMILES string of the molecule is O=C(C=Cc1ccccc1)N1CCn2cccc2C1c1ccc(F)cc1. The molecule has 0 radical (unpaired) electrons. The molecule has 1 unspecified atom stereocenters. The zero-order valence-electron chi connectivity index (χ0n) is 14.3. The second-order valence-electron chi connectivity index (χ2n) is 6.36. The molecule has 0 bridgehead atoms. The molecule has 4 rings (SSSR count). The van der Waals surface area contributed by atoms with Gasteiger partial charge in [-0.15, -0.1) is 0 Å². The standard InChI is InChI=1S/C22H19FN2O/c23-19-11-9-18(10-12-19)22-20-7-4-14-24(20)15-16-25(22)21(26)13-8-17-5-2-1-3-6-17/h1-14,22H,15-16H2. The molecule has 0 N–H and O–H groups in total. The van der Waals surface area contributed by atoms with Crippen LogP contribution in [0.5, 0.6) is 0 Å². The molecule has 4 heteroatoms. The average Bonchev–Trinajstić information content (AvgIpc) is 3.16. The molecule has 0 saturated heterocycles. The second kappa shape index (κ2) is 7.00. The predicted molar refractivity (Wildman–Crippen MR) is 99.9 cm³/mol. The first-order chi connectivity index (χ1) is 12.7. The molecule has 2 heterocycles. The molecular formula is C22H19FN2O. The molecular weight excluding hydrogens is 327 g/mol. The maximum atomic E-state index is 13.4. The summed E-state index contributed by atoms with van der Waals surface area (Å²) in [5.74, 6) is -0.322. The molecule has 2 aromatic carbocycles. The number of benzene rings is 2.